The molecule has 0 aromatic heterocycles. The molecule has 0 unspecified atom stereocenters. The van der Waals surface area contributed by atoms with E-state index in [0.717, 1.165) is 35.0 Å². The topological polar surface area (TPSA) is 78.8 Å². The number of rotatable bonds is 4. The highest BCUT2D eigenvalue weighted by Crippen LogP contribution is 2.36. The van der Waals surface area contributed by atoms with Gasteiger partial charge in [0.25, 0.3) is 0 Å². The number of carbonyl (C=O) groups excluding carboxylic acids is 1. The number of amides is 1. The minimum atomic E-state index is -3.30. The van der Waals surface area contributed by atoms with Gasteiger partial charge in [-0.25, -0.2) is 17.2 Å². The van der Waals surface area contributed by atoms with Gasteiger partial charge in [0.2, 0.25) is 5.91 Å². The van der Waals surface area contributed by atoms with Crippen LogP contribution in [0.4, 0.5) is 20.2 Å². The number of aliphatic imine (C=N–C) groups is 1. The summed E-state index contributed by atoms with van der Waals surface area (Å²) < 4.78 is 52.1. The van der Waals surface area contributed by atoms with Gasteiger partial charge in [-0.3, -0.25) is 9.79 Å². The lowest BCUT2D eigenvalue weighted by atomic mass is 10.1. The molecule has 6 nitrogen and oxygen atoms in total. The molecule has 2 heterocycles. The number of anilines is 2. The van der Waals surface area contributed by atoms with Gasteiger partial charge in [-0.2, -0.15) is 0 Å². The number of sulfone groups is 1. The zero-order valence-corrected chi connectivity index (χ0v) is 18.6. The maximum atomic E-state index is 14.5. The third-order valence-corrected chi connectivity index (χ3v) is 7.93. The fourth-order valence-corrected chi connectivity index (χ4v) is 6.62. The van der Waals surface area contributed by atoms with Crippen molar-refractivity contribution in [1.82, 2.24) is 0 Å². The molecule has 0 bridgehead atoms. The van der Waals surface area contributed by atoms with Crippen molar-refractivity contribution in [1.29, 1.82) is 0 Å². The van der Waals surface area contributed by atoms with Crippen LogP contribution in [0.25, 0.3) is 0 Å². The van der Waals surface area contributed by atoms with Gasteiger partial charge >= 0.3 is 0 Å². The quantitative estimate of drug-likeness (QED) is 0.750. The SMILES string of the molecule is Cc1ccc(NC(=O)CSC2=N[C@@H]3CS(=O)(=O)C[C@@H]3N2c2ccc(F)cc2F)c(C)c1. The van der Waals surface area contributed by atoms with E-state index in [1.54, 1.807) is 0 Å². The molecule has 1 amide bonds. The molecule has 10 heteroatoms. The highest BCUT2D eigenvalue weighted by atomic mass is 32.2. The second-order valence-electron chi connectivity index (χ2n) is 7.74. The second kappa shape index (κ2) is 8.23. The van der Waals surface area contributed by atoms with Crippen LogP contribution in [0.2, 0.25) is 0 Å². The van der Waals surface area contributed by atoms with E-state index >= 15 is 0 Å². The maximum Gasteiger partial charge on any atom is 0.234 e. The van der Waals surface area contributed by atoms with Gasteiger partial charge < -0.3 is 10.2 Å². The molecule has 2 aliphatic heterocycles. The lowest BCUT2D eigenvalue weighted by Gasteiger charge is -2.26. The molecule has 0 spiro atoms. The number of thioether (sulfide) groups is 1. The summed E-state index contributed by atoms with van der Waals surface area (Å²) in [6.45, 7) is 3.87. The smallest absolute Gasteiger partial charge is 0.234 e. The van der Waals surface area contributed by atoms with Gasteiger partial charge in [-0.1, -0.05) is 29.5 Å². The maximum absolute atomic E-state index is 14.5. The van der Waals surface area contributed by atoms with Crippen molar-refractivity contribution < 1.29 is 22.0 Å². The summed E-state index contributed by atoms with van der Waals surface area (Å²) in [6.07, 6.45) is 0. The van der Waals surface area contributed by atoms with Crippen LogP contribution >= 0.6 is 11.8 Å². The minimum Gasteiger partial charge on any atom is -0.325 e. The summed E-state index contributed by atoms with van der Waals surface area (Å²) in [4.78, 5) is 18.4. The van der Waals surface area contributed by atoms with Crippen LogP contribution in [0.5, 0.6) is 0 Å². The van der Waals surface area contributed by atoms with Crippen molar-refractivity contribution in [2.45, 2.75) is 25.9 Å². The fraction of sp³-hybridized carbons (Fsp3) is 0.333. The molecule has 2 aliphatic rings. The number of hydrogen-bond acceptors (Lipinski definition) is 6. The first-order valence-electron chi connectivity index (χ1n) is 9.65. The molecule has 0 aliphatic carbocycles. The van der Waals surface area contributed by atoms with Gasteiger partial charge in [0.05, 0.1) is 35.0 Å². The lowest BCUT2D eigenvalue weighted by molar-refractivity contribution is -0.113. The third kappa shape index (κ3) is 4.59. The molecule has 2 aromatic carbocycles. The van der Waals surface area contributed by atoms with Crippen molar-refractivity contribution in [2.75, 3.05) is 27.5 Å². The molecule has 2 aromatic rings. The Morgan fingerprint density at radius 2 is 1.97 bits per heavy atom. The number of benzene rings is 2. The largest absolute Gasteiger partial charge is 0.325 e. The van der Waals surface area contributed by atoms with Gasteiger partial charge in [-0.15, -0.1) is 0 Å². The Labute approximate surface area is 183 Å². The monoisotopic (exact) mass is 465 g/mol. The van der Waals surface area contributed by atoms with E-state index < -0.39 is 33.6 Å². The number of nitrogens with one attached hydrogen (secondary N) is 1. The Morgan fingerprint density at radius 3 is 2.68 bits per heavy atom. The zero-order valence-electron chi connectivity index (χ0n) is 16.9. The summed E-state index contributed by atoms with van der Waals surface area (Å²) in [6, 6.07) is 7.71. The Morgan fingerprint density at radius 1 is 1.19 bits per heavy atom. The highest BCUT2D eigenvalue weighted by Gasteiger charge is 2.47. The molecule has 0 radical (unpaired) electrons. The first-order valence-corrected chi connectivity index (χ1v) is 12.5. The summed E-state index contributed by atoms with van der Waals surface area (Å²) >= 11 is 1.10. The van der Waals surface area contributed by atoms with Crippen molar-refractivity contribution >= 4 is 44.0 Å². The summed E-state index contributed by atoms with van der Waals surface area (Å²) in [5.41, 5.74) is 2.77. The summed E-state index contributed by atoms with van der Waals surface area (Å²) in [5, 5.41) is 3.20. The molecular weight excluding hydrogens is 444 g/mol. The molecule has 1 fully saturated rings. The zero-order chi connectivity index (χ0) is 22.3. The Bertz CT molecular complexity index is 1180. The lowest BCUT2D eigenvalue weighted by Crippen LogP contribution is -2.40. The number of amidine groups is 1. The number of hydrogen-bond donors (Lipinski definition) is 1. The minimum absolute atomic E-state index is 0.0116. The number of nitrogens with zero attached hydrogens (tertiary/aromatic N) is 2. The number of aryl methyl sites for hydroxylation is 2. The van der Waals surface area contributed by atoms with Crippen LogP contribution in [-0.2, 0) is 14.6 Å². The average molecular weight is 466 g/mol. The van der Waals surface area contributed by atoms with Crippen molar-refractivity contribution in [3.8, 4) is 0 Å². The van der Waals surface area contributed by atoms with E-state index in [2.05, 4.69) is 10.3 Å². The van der Waals surface area contributed by atoms with Crippen molar-refractivity contribution in [3.63, 3.8) is 0 Å². The number of fused-ring (bicyclic) bond motifs is 1. The molecular formula is C21H21F2N3O3S2. The molecule has 1 saturated heterocycles. The average Bonchev–Trinajstić information content (AvgIpc) is 3.14. The first kappa shape index (κ1) is 21.8. The Kier molecular flexibility index (Phi) is 5.78. The van der Waals surface area contributed by atoms with Crippen LogP contribution in [0.3, 0.4) is 0 Å². The van der Waals surface area contributed by atoms with E-state index in [4.69, 9.17) is 0 Å². The van der Waals surface area contributed by atoms with Crippen molar-refractivity contribution in [3.05, 3.63) is 59.2 Å². The first-order chi connectivity index (χ1) is 14.6. The van der Waals surface area contributed by atoms with E-state index in [0.29, 0.717) is 10.9 Å². The van der Waals surface area contributed by atoms with E-state index in [1.807, 2.05) is 32.0 Å². The number of carbonyl (C=O) groups is 1. The second-order valence-corrected chi connectivity index (χ2v) is 10.8. The van der Waals surface area contributed by atoms with Crippen LogP contribution in [0.15, 0.2) is 41.4 Å². The van der Waals surface area contributed by atoms with Crippen molar-refractivity contribution in [2.24, 2.45) is 4.99 Å². The molecule has 0 saturated carbocycles. The van der Waals surface area contributed by atoms with Crippen LogP contribution in [0.1, 0.15) is 11.1 Å². The third-order valence-electron chi connectivity index (χ3n) is 5.27. The molecule has 2 atom stereocenters. The van der Waals surface area contributed by atoms with Gasteiger partial charge in [-0.05, 0) is 37.6 Å². The van der Waals surface area contributed by atoms with Gasteiger partial charge in [0.15, 0.2) is 15.0 Å². The van der Waals surface area contributed by atoms with Gasteiger partial charge in [0.1, 0.15) is 11.6 Å². The summed E-state index contributed by atoms with van der Waals surface area (Å²) in [7, 11) is -3.30. The molecule has 164 valence electrons. The molecule has 31 heavy (non-hydrogen) atoms. The van der Waals surface area contributed by atoms with Crippen LogP contribution in [-0.4, -0.2) is 48.8 Å². The number of halogens is 2. The normalized spacial score (nSPS) is 21.7. The van der Waals surface area contributed by atoms with Crippen LogP contribution in [0, 0.1) is 25.5 Å². The van der Waals surface area contributed by atoms with Crippen LogP contribution < -0.4 is 10.2 Å². The molecule has 4 rings (SSSR count). The predicted molar refractivity (Wildman–Crippen MR) is 120 cm³/mol. The predicted octanol–water partition coefficient (Wildman–Crippen LogP) is 3.30. The van der Waals surface area contributed by atoms with E-state index in [9.17, 15) is 22.0 Å². The fourth-order valence-electron chi connectivity index (χ4n) is 3.86. The molecule has 1 N–H and O–H groups in total. The van der Waals surface area contributed by atoms with Gasteiger partial charge in [0, 0.05) is 11.8 Å². The summed E-state index contributed by atoms with van der Waals surface area (Å²) in [5.74, 6) is -2.08. The highest BCUT2D eigenvalue weighted by molar-refractivity contribution is 8.14. The Balaban J connectivity index is 1.53. The standard InChI is InChI=1S/C21H21F2N3O3S2/c1-12-3-5-16(13(2)7-12)24-20(27)9-30-21-25-17-10-31(28,29)11-19(17)26(21)18-6-4-14(22)8-15(18)23/h3-8,17,19H,9-11H2,1-2H3,(H,24,27)/t17-,19+/m1/s1. The van der Waals surface area contributed by atoms with E-state index in [1.165, 1.54) is 11.0 Å². The van der Waals surface area contributed by atoms with E-state index in [-0.39, 0.29) is 28.9 Å². The Hall–Kier alpha value is -2.46.